The second-order valence-corrected chi connectivity index (χ2v) is 5.08. The number of methoxy groups -OCH3 is 1. The lowest BCUT2D eigenvalue weighted by atomic mass is 9.83. The molecule has 0 radical (unpaired) electrons. The predicted molar refractivity (Wildman–Crippen MR) is 69.8 cm³/mol. The summed E-state index contributed by atoms with van der Waals surface area (Å²) in [6.07, 6.45) is 10.4. The number of rotatable bonds is 6. The van der Waals surface area contributed by atoms with Crippen molar-refractivity contribution in [1.29, 1.82) is 0 Å². The van der Waals surface area contributed by atoms with E-state index in [1.54, 1.807) is 0 Å². The lowest BCUT2D eigenvalue weighted by Gasteiger charge is -2.40. The lowest BCUT2D eigenvalue weighted by molar-refractivity contribution is -0.0545. The van der Waals surface area contributed by atoms with Gasteiger partial charge in [0.2, 0.25) is 0 Å². The van der Waals surface area contributed by atoms with Crippen molar-refractivity contribution in [3.8, 4) is 0 Å². The van der Waals surface area contributed by atoms with Gasteiger partial charge in [-0.3, -0.25) is 0 Å². The van der Waals surface area contributed by atoms with Crippen LogP contribution in [0, 0.1) is 0 Å². The van der Waals surface area contributed by atoms with Crippen LogP contribution < -0.4 is 5.32 Å². The Morgan fingerprint density at radius 1 is 1.12 bits per heavy atom. The lowest BCUT2D eigenvalue weighted by Crippen LogP contribution is -2.51. The molecule has 0 heterocycles. The third-order valence-electron chi connectivity index (χ3n) is 4.02. The fourth-order valence-corrected chi connectivity index (χ4v) is 3.11. The van der Waals surface area contributed by atoms with Gasteiger partial charge in [-0.1, -0.05) is 46.0 Å². The zero-order chi connectivity index (χ0) is 11.9. The molecule has 0 saturated heterocycles. The molecule has 0 aromatic heterocycles. The van der Waals surface area contributed by atoms with Crippen LogP contribution in [0.3, 0.4) is 0 Å². The Hall–Kier alpha value is -0.0800. The summed E-state index contributed by atoms with van der Waals surface area (Å²) in [5, 5.41) is 3.65. The van der Waals surface area contributed by atoms with Crippen LogP contribution >= 0.6 is 0 Å². The zero-order valence-electron chi connectivity index (χ0n) is 11.3. The number of hydrogen-bond acceptors (Lipinski definition) is 2. The maximum atomic E-state index is 5.96. The molecule has 1 fully saturated rings. The first-order chi connectivity index (χ1) is 7.79. The largest absolute Gasteiger partial charge is 0.377 e. The smallest absolute Gasteiger partial charge is 0.0830 e. The first kappa shape index (κ1) is 14.0. The molecular formula is C14H29NO. The molecule has 1 saturated carbocycles. The third-order valence-corrected chi connectivity index (χ3v) is 4.02. The molecule has 0 bridgehead atoms. The summed E-state index contributed by atoms with van der Waals surface area (Å²) in [4.78, 5) is 0. The van der Waals surface area contributed by atoms with Crippen molar-refractivity contribution in [2.24, 2.45) is 0 Å². The summed E-state index contributed by atoms with van der Waals surface area (Å²) in [6, 6.07) is 0.547. The number of hydrogen-bond donors (Lipinski definition) is 1. The molecule has 1 rings (SSSR count). The normalized spacial score (nSPS) is 22.7. The molecule has 0 spiro atoms. The van der Waals surface area contributed by atoms with E-state index in [1.807, 2.05) is 7.11 Å². The first-order valence-corrected chi connectivity index (χ1v) is 7.07. The van der Waals surface area contributed by atoms with Gasteiger partial charge < -0.3 is 10.1 Å². The van der Waals surface area contributed by atoms with Crippen LogP contribution in [0.1, 0.15) is 65.2 Å². The summed E-state index contributed by atoms with van der Waals surface area (Å²) in [7, 11) is 1.91. The van der Waals surface area contributed by atoms with E-state index in [9.17, 15) is 0 Å². The minimum Gasteiger partial charge on any atom is -0.377 e. The maximum absolute atomic E-state index is 5.96. The quantitative estimate of drug-likeness (QED) is 0.701. The summed E-state index contributed by atoms with van der Waals surface area (Å²) in [6.45, 7) is 5.52. The van der Waals surface area contributed by atoms with Crippen molar-refractivity contribution >= 4 is 0 Å². The Balaban J connectivity index is 2.71. The number of likely N-dealkylation sites (N-methyl/N-ethyl adjacent to an activating group) is 1. The molecular weight excluding hydrogens is 198 g/mol. The van der Waals surface area contributed by atoms with Gasteiger partial charge in [0.1, 0.15) is 0 Å². The van der Waals surface area contributed by atoms with E-state index in [-0.39, 0.29) is 5.60 Å². The van der Waals surface area contributed by atoms with E-state index in [1.165, 1.54) is 51.4 Å². The molecule has 2 heteroatoms. The molecule has 1 atom stereocenters. The summed E-state index contributed by atoms with van der Waals surface area (Å²) < 4.78 is 5.96. The molecule has 1 unspecified atom stereocenters. The third kappa shape index (κ3) is 3.46. The standard InChI is InChI=1S/C14H29NO/c1-4-10-13(15-5-2)14(16-3)11-8-6-7-9-12-14/h13,15H,4-12H2,1-3H3. The van der Waals surface area contributed by atoms with Crippen LogP contribution in [0.5, 0.6) is 0 Å². The van der Waals surface area contributed by atoms with Crippen molar-refractivity contribution in [3.05, 3.63) is 0 Å². The van der Waals surface area contributed by atoms with Gasteiger partial charge in [0.15, 0.2) is 0 Å². The molecule has 0 aromatic rings. The van der Waals surface area contributed by atoms with E-state index in [2.05, 4.69) is 19.2 Å². The highest BCUT2D eigenvalue weighted by atomic mass is 16.5. The van der Waals surface area contributed by atoms with E-state index in [0.717, 1.165) is 6.54 Å². The Bertz CT molecular complexity index is 168. The van der Waals surface area contributed by atoms with Crippen LogP contribution in [0.2, 0.25) is 0 Å². The van der Waals surface area contributed by atoms with E-state index >= 15 is 0 Å². The topological polar surface area (TPSA) is 21.3 Å². The van der Waals surface area contributed by atoms with E-state index in [4.69, 9.17) is 4.74 Å². The minimum absolute atomic E-state index is 0.114. The highest BCUT2D eigenvalue weighted by Crippen LogP contribution is 2.34. The highest BCUT2D eigenvalue weighted by Gasteiger charge is 2.37. The molecule has 1 aliphatic carbocycles. The molecule has 0 amide bonds. The van der Waals surface area contributed by atoms with Gasteiger partial charge in [-0.2, -0.15) is 0 Å². The minimum atomic E-state index is 0.114. The van der Waals surface area contributed by atoms with E-state index < -0.39 is 0 Å². The van der Waals surface area contributed by atoms with Crippen molar-refractivity contribution < 1.29 is 4.74 Å². The van der Waals surface area contributed by atoms with Crippen LogP contribution in [0.4, 0.5) is 0 Å². The second kappa shape index (κ2) is 7.29. The summed E-state index contributed by atoms with van der Waals surface area (Å²) in [5.41, 5.74) is 0.114. The molecule has 1 aliphatic rings. The van der Waals surface area contributed by atoms with Crippen molar-refractivity contribution in [2.75, 3.05) is 13.7 Å². The summed E-state index contributed by atoms with van der Waals surface area (Å²) >= 11 is 0. The van der Waals surface area contributed by atoms with Gasteiger partial charge in [0.05, 0.1) is 5.60 Å². The molecule has 96 valence electrons. The van der Waals surface area contributed by atoms with Crippen molar-refractivity contribution in [2.45, 2.75) is 76.9 Å². The van der Waals surface area contributed by atoms with Gasteiger partial charge in [0, 0.05) is 13.2 Å². The van der Waals surface area contributed by atoms with Crippen LogP contribution in [-0.2, 0) is 4.74 Å². The fourth-order valence-electron chi connectivity index (χ4n) is 3.11. The van der Waals surface area contributed by atoms with Gasteiger partial charge in [-0.15, -0.1) is 0 Å². The molecule has 1 N–H and O–H groups in total. The zero-order valence-corrected chi connectivity index (χ0v) is 11.3. The van der Waals surface area contributed by atoms with Crippen LogP contribution in [-0.4, -0.2) is 25.3 Å². The average Bonchev–Trinajstić information content (AvgIpc) is 2.55. The van der Waals surface area contributed by atoms with Crippen molar-refractivity contribution in [1.82, 2.24) is 5.32 Å². The monoisotopic (exact) mass is 227 g/mol. The Morgan fingerprint density at radius 3 is 2.19 bits per heavy atom. The molecule has 0 aromatic carbocycles. The Morgan fingerprint density at radius 2 is 1.75 bits per heavy atom. The molecule has 0 aliphatic heterocycles. The van der Waals surface area contributed by atoms with Crippen LogP contribution in [0.25, 0.3) is 0 Å². The van der Waals surface area contributed by atoms with Gasteiger partial charge in [0.25, 0.3) is 0 Å². The SMILES string of the molecule is CCCC(NCC)C1(OC)CCCCCC1. The van der Waals surface area contributed by atoms with Gasteiger partial charge in [-0.05, 0) is 25.8 Å². The summed E-state index contributed by atoms with van der Waals surface area (Å²) in [5.74, 6) is 0. The Kier molecular flexibility index (Phi) is 6.37. The van der Waals surface area contributed by atoms with Crippen LogP contribution in [0.15, 0.2) is 0 Å². The number of nitrogens with one attached hydrogen (secondary N) is 1. The highest BCUT2D eigenvalue weighted by molar-refractivity contribution is 4.94. The predicted octanol–water partition coefficient (Wildman–Crippen LogP) is 3.50. The second-order valence-electron chi connectivity index (χ2n) is 5.08. The van der Waals surface area contributed by atoms with Gasteiger partial charge >= 0.3 is 0 Å². The average molecular weight is 227 g/mol. The van der Waals surface area contributed by atoms with E-state index in [0.29, 0.717) is 6.04 Å². The number of ether oxygens (including phenoxy) is 1. The van der Waals surface area contributed by atoms with Crippen molar-refractivity contribution in [3.63, 3.8) is 0 Å². The van der Waals surface area contributed by atoms with Gasteiger partial charge in [-0.25, -0.2) is 0 Å². The molecule has 2 nitrogen and oxygen atoms in total. The maximum Gasteiger partial charge on any atom is 0.0830 e. The first-order valence-electron chi connectivity index (χ1n) is 7.07. The molecule has 16 heavy (non-hydrogen) atoms. The Labute approximate surface area is 101 Å². The fraction of sp³-hybridized carbons (Fsp3) is 1.00.